The molecule has 0 spiro atoms. The lowest BCUT2D eigenvalue weighted by atomic mass is 9.97. The summed E-state index contributed by atoms with van der Waals surface area (Å²) in [7, 11) is -2.54. The Labute approximate surface area is 216 Å². The number of carbonyl (C=O) groups excluding carboxylic acids is 1. The Morgan fingerprint density at radius 2 is 1.92 bits per heavy atom. The number of morpholine rings is 1. The van der Waals surface area contributed by atoms with E-state index in [1.807, 2.05) is 0 Å². The van der Waals surface area contributed by atoms with Crippen molar-refractivity contribution in [1.29, 1.82) is 0 Å². The van der Waals surface area contributed by atoms with Crippen LogP contribution in [0.2, 0.25) is 0 Å². The summed E-state index contributed by atoms with van der Waals surface area (Å²) in [5.41, 5.74) is 0.468. The molecule has 14 heteroatoms. The number of fused-ring (bicyclic) bond motifs is 1. The van der Waals surface area contributed by atoms with Gasteiger partial charge in [0.15, 0.2) is 5.82 Å². The molecule has 2 atom stereocenters. The van der Waals surface area contributed by atoms with Gasteiger partial charge in [0.05, 0.1) is 30.5 Å². The molecular weight excluding hydrogens is 529 g/mol. The number of nitrogens with one attached hydrogen (secondary N) is 1. The van der Waals surface area contributed by atoms with E-state index in [0.29, 0.717) is 16.8 Å². The van der Waals surface area contributed by atoms with Crippen LogP contribution in [0.15, 0.2) is 59.3 Å². The molecule has 10 nitrogen and oxygen atoms in total. The van der Waals surface area contributed by atoms with Gasteiger partial charge in [-0.1, -0.05) is 23.4 Å². The minimum Gasteiger partial charge on any atom is -0.495 e. The van der Waals surface area contributed by atoms with Crippen LogP contribution in [0.5, 0.6) is 5.75 Å². The Balaban J connectivity index is 1.40. The van der Waals surface area contributed by atoms with E-state index >= 15 is 0 Å². The first-order valence-electron chi connectivity index (χ1n) is 11.5. The van der Waals surface area contributed by atoms with Crippen LogP contribution in [0.4, 0.5) is 24.7 Å². The number of rotatable bonds is 6. The molecule has 2 aromatic carbocycles. The van der Waals surface area contributed by atoms with Gasteiger partial charge in [-0.2, -0.15) is 25.9 Å². The zero-order valence-electron chi connectivity index (χ0n) is 20.0. The monoisotopic (exact) mass is 552 g/mol. The van der Waals surface area contributed by atoms with Crippen LogP contribution in [0.3, 0.4) is 0 Å². The van der Waals surface area contributed by atoms with Crippen molar-refractivity contribution in [2.75, 3.05) is 36.4 Å². The quantitative estimate of drug-likeness (QED) is 0.498. The smallest absolute Gasteiger partial charge is 0.416 e. The number of nitrogens with zero attached hydrogens (tertiary/aromatic N) is 3. The molecule has 0 bridgehead atoms. The number of anilines is 2. The molecule has 2 aliphatic heterocycles. The van der Waals surface area contributed by atoms with Crippen LogP contribution in [-0.4, -0.2) is 62.7 Å². The number of alkyl halides is 3. The van der Waals surface area contributed by atoms with Crippen molar-refractivity contribution in [2.24, 2.45) is 0 Å². The number of hydrogen-bond donors (Lipinski definition) is 1. The third-order valence-electron chi connectivity index (χ3n) is 6.48. The van der Waals surface area contributed by atoms with E-state index in [4.69, 9.17) is 9.47 Å². The standard InChI is InChI=1S/C24H23F3N4O6S/c1-35-20-12-16(15-3-2-4-17(11-15)24(25,26)27)5-6-18(20)31-19-7-9-30(13-21(19)36-14-23(31)32)38(33,34)29-22-8-10-37-28-22/h2-6,8,10-12,19,21H,7,9,13-14H2,1H3,(H,28,29)/t19-,21-/m0/s1. The second-order valence-corrected chi connectivity index (χ2v) is 10.5. The van der Waals surface area contributed by atoms with Crippen LogP contribution in [0.1, 0.15) is 12.0 Å². The summed E-state index contributed by atoms with van der Waals surface area (Å²) in [5, 5.41) is 3.56. The van der Waals surface area contributed by atoms with Gasteiger partial charge in [-0.3, -0.25) is 9.52 Å². The Kier molecular flexibility index (Phi) is 6.79. The van der Waals surface area contributed by atoms with Gasteiger partial charge in [-0.15, -0.1) is 0 Å². The molecular formula is C24H23F3N4O6S. The minimum absolute atomic E-state index is 0.00767. The second kappa shape index (κ2) is 9.93. The fourth-order valence-corrected chi connectivity index (χ4v) is 5.88. The minimum atomic E-state index is -4.48. The maximum absolute atomic E-state index is 13.2. The fourth-order valence-electron chi connectivity index (χ4n) is 4.69. The number of carbonyl (C=O) groups is 1. The average Bonchev–Trinajstić information content (AvgIpc) is 3.40. The predicted octanol–water partition coefficient (Wildman–Crippen LogP) is 3.53. The van der Waals surface area contributed by atoms with Gasteiger partial charge in [0, 0.05) is 19.2 Å². The van der Waals surface area contributed by atoms with Crippen molar-refractivity contribution in [3.8, 4) is 16.9 Å². The zero-order valence-corrected chi connectivity index (χ0v) is 20.8. The third kappa shape index (κ3) is 5.06. The van der Waals surface area contributed by atoms with Crippen LogP contribution >= 0.6 is 0 Å². The highest BCUT2D eigenvalue weighted by molar-refractivity contribution is 7.90. The van der Waals surface area contributed by atoms with Crippen LogP contribution in [0, 0.1) is 0 Å². The second-order valence-electron chi connectivity index (χ2n) is 8.78. The fraction of sp³-hybridized carbons (Fsp3) is 0.333. The molecule has 202 valence electrons. The molecule has 38 heavy (non-hydrogen) atoms. The summed E-state index contributed by atoms with van der Waals surface area (Å²) in [6.45, 7) is -0.178. The molecule has 0 unspecified atom stereocenters. The molecule has 1 N–H and O–H groups in total. The zero-order chi connectivity index (χ0) is 27.1. The van der Waals surface area contributed by atoms with Gasteiger partial charge >= 0.3 is 16.4 Å². The van der Waals surface area contributed by atoms with Crippen LogP contribution in [0.25, 0.3) is 11.1 Å². The lowest BCUT2D eigenvalue weighted by Gasteiger charge is -2.46. The normalized spacial score (nSPS) is 20.7. The Morgan fingerprint density at radius 1 is 1.13 bits per heavy atom. The van der Waals surface area contributed by atoms with E-state index in [-0.39, 0.29) is 43.6 Å². The van der Waals surface area contributed by atoms with Crippen LogP contribution in [-0.2, 0) is 25.9 Å². The molecule has 3 aromatic rings. The highest BCUT2D eigenvalue weighted by Crippen LogP contribution is 2.39. The van der Waals surface area contributed by atoms with Gasteiger partial charge in [0.1, 0.15) is 18.6 Å². The third-order valence-corrected chi connectivity index (χ3v) is 7.96. The van der Waals surface area contributed by atoms with Gasteiger partial charge in [0.25, 0.3) is 5.91 Å². The topological polar surface area (TPSA) is 114 Å². The number of piperidine rings is 1. The number of ether oxygens (including phenoxy) is 2. The molecule has 3 heterocycles. The summed E-state index contributed by atoms with van der Waals surface area (Å²) in [6, 6.07) is 10.6. The van der Waals surface area contributed by atoms with Crippen molar-refractivity contribution in [1.82, 2.24) is 9.46 Å². The summed E-state index contributed by atoms with van der Waals surface area (Å²) in [5.74, 6) is -0.0100. The highest BCUT2D eigenvalue weighted by Gasteiger charge is 2.44. The lowest BCUT2D eigenvalue weighted by Crippen LogP contribution is -2.62. The number of aromatic nitrogens is 1. The summed E-state index contributed by atoms with van der Waals surface area (Å²) in [6.07, 6.45) is -3.59. The first kappa shape index (κ1) is 26.0. The van der Waals surface area contributed by atoms with Gasteiger partial charge in [-0.25, -0.2) is 0 Å². The maximum atomic E-state index is 13.2. The van der Waals surface area contributed by atoms with E-state index in [1.54, 1.807) is 24.3 Å². The first-order valence-corrected chi connectivity index (χ1v) is 13.0. The summed E-state index contributed by atoms with van der Waals surface area (Å²) >= 11 is 0. The lowest BCUT2D eigenvalue weighted by molar-refractivity contribution is -0.137. The SMILES string of the molecule is COc1cc(-c2cccc(C(F)(F)F)c2)ccc1N1C(=O)CO[C@H]2CN(S(=O)(=O)Nc3ccon3)CC[C@@H]21. The van der Waals surface area contributed by atoms with E-state index in [0.717, 1.165) is 12.1 Å². The van der Waals surface area contributed by atoms with Gasteiger partial charge in [-0.05, 0) is 41.8 Å². The Morgan fingerprint density at radius 3 is 2.63 bits per heavy atom. The van der Waals surface area contributed by atoms with Gasteiger partial charge in [0.2, 0.25) is 0 Å². The number of benzene rings is 2. The first-order chi connectivity index (χ1) is 18.1. The average molecular weight is 553 g/mol. The molecule has 1 amide bonds. The molecule has 0 radical (unpaired) electrons. The molecule has 2 saturated heterocycles. The van der Waals surface area contributed by atoms with E-state index in [1.165, 1.54) is 34.7 Å². The van der Waals surface area contributed by atoms with Crippen molar-refractivity contribution in [3.05, 3.63) is 60.4 Å². The van der Waals surface area contributed by atoms with Crippen molar-refractivity contribution in [2.45, 2.75) is 24.7 Å². The molecule has 2 aliphatic rings. The van der Waals surface area contributed by atoms with Crippen LogP contribution < -0.4 is 14.4 Å². The van der Waals surface area contributed by atoms with E-state index in [9.17, 15) is 26.4 Å². The number of methoxy groups -OCH3 is 1. The Hall–Kier alpha value is -3.62. The molecule has 1 aromatic heterocycles. The number of halogens is 3. The number of hydrogen-bond acceptors (Lipinski definition) is 7. The van der Waals surface area contributed by atoms with Gasteiger partial charge < -0.3 is 18.9 Å². The highest BCUT2D eigenvalue weighted by atomic mass is 32.2. The van der Waals surface area contributed by atoms with Crippen molar-refractivity contribution in [3.63, 3.8) is 0 Å². The molecule has 0 aliphatic carbocycles. The molecule has 0 saturated carbocycles. The van der Waals surface area contributed by atoms with E-state index in [2.05, 4.69) is 14.4 Å². The van der Waals surface area contributed by atoms with Crippen molar-refractivity contribution < 1.29 is 40.4 Å². The molecule has 5 rings (SSSR count). The summed E-state index contributed by atoms with van der Waals surface area (Å²) in [4.78, 5) is 14.5. The molecule has 2 fully saturated rings. The Bertz CT molecular complexity index is 1430. The maximum Gasteiger partial charge on any atom is 0.416 e. The number of amides is 1. The van der Waals surface area contributed by atoms with Crippen molar-refractivity contribution >= 4 is 27.6 Å². The van der Waals surface area contributed by atoms with E-state index < -0.39 is 34.1 Å². The predicted molar refractivity (Wildman–Crippen MR) is 130 cm³/mol. The largest absolute Gasteiger partial charge is 0.495 e. The summed E-state index contributed by atoms with van der Waals surface area (Å²) < 4.78 is 84.7.